The van der Waals surface area contributed by atoms with E-state index in [1.807, 2.05) is 0 Å². The summed E-state index contributed by atoms with van der Waals surface area (Å²) in [6.07, 6.45) is 2.10. The van der Waals surface area contributed by atoms with Crippen LogP contribution >= 0.6 is 11.8 Å². The number of fused-ring (bicyclic) bond motifs is 1. The van der Waals surface area contributed by atoms with Crippen LogP contribution in [0, 0.1) is 10.1 Å². The van der Waals surface area contributed by atoms with Gasteiger partial charge < -0.3 is 15.2 Å². The number of carbonyl (C=O) groups excluding carboxylic acids is 3. The Morgan fingerprint density at radius 1 is 1.50 bits per heavy atom. The zero-order valence-corrected chi connectivity index (χ0v) is 16.6. The molecule has 3 heterocycles. The number of carbonyl (C=O) groups is 4. The van der Waals surface area contributed by atoms with Crippen LogP contribution in [0.2, 0.25) is 0 Å². The molecule has 2 aliphatic heterocycles. The number of hydrogen-bond acceptors (Lipinski definition) is 9. The molecule has 3 unspecified atom stereocenters. The molecule has 3 atom stereocenters. The Balaban J connectivity index is 1.71. The Bertz CT molecular complexity index is 973. The lowest BCUT2D eigenvalue weighted by Gasteiger charge is -2.49. The number of esters is 1. The monoisotopic (exact) mass is 439 g/mol. The SMILES string of the molecule is CC(=O)OCC1=C(C(=O)O)N2C(=O)C(NC(=O)C(C)n3cc([N+](=O)[O-])cn3)C2SC1. The van der Waals surface area contributed by atoms with Crippen LogP contribution in [0.5, 0.6) is 0 Å². The first-order valence-electron chi connectivity index (χ1n) is 8.64. The van der Waals surface area contributed by atoms with Crippen molar-refractivity contribution in [2.75, 3.05) is 12.4 Å². The van der Waals surface area contributed by atoms with Gasteiger partial charge in [0, 0.05) is 18.2 Å². The molecule has 13 nitrogen and oxygen atoms in total. The third-order valence-electron chi connectivity index (χ3n) is 4.57. The molecule has 1 aromatic rings. The molecule has 2 amide bonds. The highest BCUT2D eigenvalue weighted by atomic mass is 32.2. The summed E-state index contributed by atoms with van der Waals surface area (Å²) in [4.78, 5) is 58.9. The molecule has 1 fully saturated rings. The molecule has 30 heavy (non-hydrogen) atoms. The molecule has 3 rings (SSSR count). The number of nitrogens with zero attached hydrogens (tertiary/aromatic N) is 4. The first kappa shape index (κ1) is 21.3. The van der Waals surface area contributed by atoms with Crippen LogP contribution in [0.25, 0.3) is 0 Å². The van der Waals surface area contributed by atoms with Gasteiger partial charge in [-0.15, -0.1) is 11.8 Å². The molecular formula is C16H17N5O8S. The average molecular weight is 439 g/mol. The second-order valence-corrected chi connectivity index (χ2v) is 7.65. The van der Waals surface area contributed by atoms with Crippen LogP contribution in [-0.4, -0.2) is 72.2 Å². The number of β-lactam (4-membered cyclic amide) rings is 1. The summed E-state index contributed by atoms with van der Waals surface area (Å²) >= 11 is 1.23. The molecule has 14 heteroatoms. The molecule has 0 saturated carbocycles. The van der Waals surface area contributed by atoms with Crippen LogP contribution in [0.3, 0.4) is 0 Å². The Kier molecular flexibility index (Phi) is 5.78. The number of thioether (sulfide) groups is 1. The maximum absolute atomic E-state index is 12.6. The van der Waals surface area contributed by atoms with Crippen LogP contribution in [-0.2, 0) is 23.9 Å². The number of rotatable bonds is 7. The Morgan fingerprint density at radius 2 is 2.20 bits per heavy atom. The number of carboxylic acid groups (broad SMARTS) is 1. The van der Waals surface area contributed by atoms with Gasteiger partial charge in [-0.1, -0.05) is 0 Å². The Labute approximate surface area is 173 Å². The van der Waals surface area contributed by atoms with Gasteiger partial charge in [-0.05, 0) is 6.92 Å². The molecule has 0 aromatic carbocycles. The third-order valence-corrected chi connectivity index (χ3v) is 5.91. The molecule has 0 bridgehead atoms. The number of nitrogens with one attached hydrogen (secondary N) is 1. The standard InChI is InChI=1S/C16H17N5O8S/c1-7(19-4-10(3-17-19)21(27)28)13(23)18-11-14(24)20-12(16(25)26)9(5-29-8(2)22)6-30-15(11)20/h3-4,7,11,15H,5-6H2,1-2H3,(H,18,23)(H,25,26). The van der Waals surface area contributed by atoms with Crippen molar-refractivity contribution in [1.82, 2.24) is 20.0 Å². The van der Waals surface area contributed by atoms with Crippen molar-refractivity contribution in [3.63, 3.8) is 0 Å². The van der Waals surface area contributed by atoms with Crippen molar-refractivity contribution < 1.29 is 33.9 Å². The molecule has 160 valence electrons. The van der Waals surface area contributed by atoms with Gasteiger partial charge >= 0.3 is 17.6 Å². The summed E-state index contributed by atoms with van der Waals surface area (Å²) in [7, 11) is 0. The summed E-state index contributed by atoms with van der Waals surface area (Å²) in [6, 6.07) is -1.89. The van der Waals surface area contributed by atoms with Crippen molar-refractivity contribution in [2.24, 2.45) is 0 Å². The van der Waals surface area contributed by atoms with Crippen LogP contribution in [0.15, 0.2) is 23.7 Å². The maximum atomic E-state index is 12.6. The van der Waals surface area contributed by atoms with Gasteiger partial charge in [0.2, 0.25) is 5.91 Å². The van der Waals surface area contributed by atoms with Crippen LogP contribution in [0.1, 0.15) is 19.9 Å². The van der Waals surface area contributed by atoms with Gasteiger partial charge in [0.1, 0.15) is 42.2 Å². The van der Waals surface area contributed by atoms with Crippen molar-refractivity contribution in [1.29, 1.82) is 0 Å². The van der Waals surface area contributed by atoms with E-state index >= 15 is 0 Å². The predicted molar refractivity (Wildman–Crippen MR) is 99.9 cm³/mol. The molecule has 0 aliphatic carbocycles. The largest absolute Gasteiger partial charge is 0.477 e. The molecule has 0 radical (unpaired) electrons. The minimum absolute atomic E-state index is 0.205. The fourth-order valence-electron chi connectivity index (χ4n) is 3.01. The van der Waals surface area contributed by atoms with Gasteiger partial charge in [-0.3, -0.25) is 34.1 Å². The van der Waals surface area contributed by atoms with Gasteiger partial charge in [0.05, 0.1) is 4.92 Å². The topological polar surface area (TPSA) is 174 Å². The second-order valence-electron chi connectivity index (χ2n) is 6.55. The lowest BCUT2D eigenvalue weighted by Crippen LogP contribution is -2.71. The van der Waals surface area contributed by atoms with E-state index in [1.165, 1.54) is 25.6 Å². The third kappa shape index (κ3) is 3.85. The fraction of sp³-hybridized carbons (Fsp3) is 0.438. The van der Waals surface area contributed by atoms with Crippen molar-refractivity contribution in [3.8, 4) is 0 Å². The first-order valence-corrected chi connectivity index (χ1v) is 9.69. The highest BCUT2D eigenvalue weighted by Crippen LogP contribution is 2.40. The van der Waals surface area contributed by atoms with E-state index < -0.39 is 46.1 Å². The number of aromatic nitrogens is 2. The fourth-order valence-corrected chi connectivity index (χ4v) is 4.34. The highest BCUT2D eigenvalue weighted by molar-refractivity contribution is 8.00. The van der Waals surface area contributed by atoms with Crippen molar-refractivity contribution in [3.05, 3.63) is 33.8 Å². The number of amides is 2. The van der Waals surface area contributed by atoms with Gasteiger partial charge in [-0.2, -0.15) is 5.10 Å². The summed E-state index contributed by atoms with van der Waals surface area (Å²) in [6.45, 7) is 2.41. The molecule has 1 aromatic heterocycles. The molecule has 2 aliphatic rings. The predicted octanol–water partition coefficient (Wildman–Crippen LogP) is -0.346. The Hall–Kier alpha value is -3.42. The summed E-state index contributed by atoms with van der Waals surface area (Å²) in [5.41, 5.74) is -0.250. The zero-order valence-electron chi connectivity index (χ0n) is 15.8. The minimum Gasteiger partial charge on any atom is -0.477 e. The van der Waals surface area contributed by atoms with E-state index in [2.05, 4.69) is 10.4 Å². The van der Waals surface area contributed by atoms with E-state index in [4.69, 9.17) is 4.74 Å². The van der Waals surface area contributed by atoms with Crippen LogP contribution < -0.4 is 5.32 Å². The van der Waals surface area contributed by atoms with E-state index in [9.17, 15) is 34.4 Å². The molecular weight excluding hydrogens is 422 g/mol. The van der Waals surface area contributed by atoms with Gasteiger partial charge in [-0.25, -0.2) is 4.79 Å². The number of ether oxygens (including phenoxy) is 1. The van der Waals surface area contributed by atoms with E-state index in [-0.39, 0.29) is 29.3 Å². The number of hydrogen-bond donors (Lipinski definition) is 2. The van der Waals surface area contributed by atoms with Gasteiger partial charge in [0.15, 0.2) is 0 Å². The first-order chi connectivity index (χ1) is 14.1. The molecule has 0 spiro atoms. The second kappa shape index (κ2) is 8.14. The maximum Gasteiger partial charge on any atom is 0.352 e. The zero-order chi connectivity index (χ0) is 22.2. The van der Waals surface area contributed by atoms with Crippen LogP contribution in [0.4, 0.5) is 5.69 Å². The lowest BCUT2D eigenvalue weighted by atomic mass is 10.0. The quantitative estimate of drug-likeness (QED) is 0.247. The number of aliphatic carboxylic acids is 1. The van der Waals surface area contributed by atoms with E-state index in [0.717, 1.165) is 22.0 Å². The van der Waals surface area contributed by atoms with Crippen molar-refractivity contribution in [2.45, 2.75) is 31.3 Å². The lowest BCUT2D eigenvalue weighted by molar-refractivity contribution is -0.385. The van der Waals surface area contributed by atoms with Crippen molar-refractivity contribution >= 4 is 41.2 Å². The molecule has 2 N–H and O–H groups in total. The normalized spacial score (nSPS) is 21.4. The van der Waals surface area contributed by atoms with E-state index in [0.29, 0.717) is 0 Å². The highest BCUT2D eigenvalue weighted by Gasteiger charge is 2.54. The average Bonchev–Trinajstić information content (AvgIpc) is 3.19. The smallest absolute Gasteiger partial charge is 0.352 e. The number of carboxylic acids is 1. The van der Waals surface area contributed by atoms with E-state index in [1.54, 1.807) is 0 Å². The number of nitro groups is 1. The van der Waals surface area contributed by atoms with Gasteiger partial charge in [0.25, 0.3) is 5.91 Å². The molecule has 1 saturated heterocycles. The summed E-state index contributed by atoms with van der Waals surface area (Å²) in [5, 5.41) is 26.0. The Morgan fingerprint density at radius 3 is 2.77 bits per heavy atom. The summed E-state index contributed by atoms with van der Waals surface area (Å²) in [5.74, 6) is -2.92. The summed E-state index contributed by atoms with van der Waals surface area (Å²) < 4.78 is 5.96. The minimum atomic E-state index is -1.34.